The van der Waals surface area contributed by atoms with E-state index in [1.54, 1.807) is 6.92 Å². The van der Waals surface area contributed by atoms with Gasteiger partial charge in [-0.1, -0.05) is 13.8 Å². The van der Waals surface area contributed by atoms with Crippen molar-refractivity contribution in [3.8, 4) is 0 Å². The largest absolute Gasteiger partial charge is 0.355 e. The summed E-state index contributed by atoms with van der Waals surface area (Å²) in [5.74, 6) is 0.414. The van der Waals surface area contributed by atoms with E-state index in [9.17, 15) is 4.79 Å². The lowest BCUT2D eigenvalue weighted by atomic mass is 10.1. The molecule has 0 aromatic rings. The first-order valence-electron chi connectivity index (χ1n) is 4.46. The maximum atomic E-state index is 11.6. The van der Waals surface area contributed by atoms with Crippen LogP contribution in [0.2, 0.25) is 0 Å². The van der Waals surface area contributed by atoms with Gasteiger partial charge in [-0.2, -0.15) is 0 Å². The van der Waals surface area contributed by atoms with Crippen LogP contribution in [0.1, 0.15) is 27.2 Å². The molecule has 1 amide bonds. The summed E-state index contributed by atoms with van der Waals surface area (Å²) in [5, 5.41) is 2.83. The summed E-state index contributed by atoms with van der Waals surface area (Å²) >= 11 is 11.7. The Labute approximate surface area is 89.0 Å². The average Bonchev–Trinajstić information content (AvgIpc) is 2.48. The lowest BCUT2D eigenvalue weighted by Crippen LogP contribution is -2.35. The summed E-state index contributed by atoms with van der Waals surface area (Å²) in [6.07, 6.45) is 0.549. The molecule has 1 aliphatic carbocycles. The molecule has 0 bridgehead atoms. The van der Waals surface area contributed by atoms with E-state index in [2.05, 4.69) is 5.32 Å². The highest BCUT2D eigenvalue weighted by Crippen LogP contribution is 2.63. The number of hydrogen-bond donors (Lipinski definition) is 1. The van der Waals surface area contributed by atoms with Crippen LogP contribution < -0.4 is 5.32 Å². The highest BCUT2D eigenvalue weighted by Gasteiger charge is 2.67. The van der Waals surface area contributed by atoms with Crippen LogP contribution in [0.25, 0.3) is 0 Å². The maximum absolute atomic E-state index is 11.6. The van der Waals surface area contributed by atoms with Crippen molar-refractivity contribution >= 4 is 29.1 Å². The van der Waals surface area contributed by atoms with Crippen LogP contribution in [0.5, 0.6) is 0 Å². The van der Waals surface area contributed by atoms with Gasteiger partial charge < -0.3 is 5.32 Å². The Balaban J connectivity index is 2.42. The lowest BCUT2D eigenvalue weighted by molar-refractivity contribution is -0.125. The maximum Gasteiger partial charge on any atom is 0.229 e. The summed E-state index contributed by atoms with van der Waals surface area (Å²) in [4.78, 5) is 11.6. The first-order valence-corrected chi connectivity index (χ1v) is 5.21. The summed E-state index contributed by atoms with van der Waals surface area (Å²) in [7, 11) is 0. The fourth-order valence-electron chi connectivity index (χ4n) is 1.14. The Morgan fingerprint density at radius 3 is 2.31 bits per heavy atom. The van der Waals surface area contributed by atoms with Gasteiger partial charge in [-0.15, -0.1) is 23.2 Å². The van der Waals surface area contributed by atoms with Crippen molar-refractivity contribution in [2.45, 2.75) is 31.5 Å². The van der Waals surface area contributed by atoms with E-state index in [0.29, 0.717) is 18.9 Å². The van der Waals surface area contributed by atoms with Crippen molar-refractivity contribution < 1.29 is 4.79 Å². The number of carbonyl (C=O) groups excluding carboxylic acids is 1. The van der Waals surface area contributed by atoms with Crippen molar-refractivity contribution in [1.82, 2.24) is 5.32 Å². The van der Waals surface area contributed by atoms with Crippen LogP contribution in [0.3, 0.4) is 0 Å². The predicted molar refractivity (Wildman–Crippen MR) is 55.0 cm³/mol. The SMILES string of the molecule is CC(C)CNC(=O)C1(C)CC1(Cl)Cl. The molecule has 1 N–H and O–H groups in total. The molecule has 1 atom stereocenters. The zero-order chi connectivity index (χ0) is 10.3. The van der Waals surface area contributed by atoms with Crippen molar-refractivity contribution in [3.63, 3.8) is 0 Å². The minimum atomic E-state index is -0.853. The third-order valence-corrected chi connectivity index (χ3v) is 3.53. The molecule has 0 saturated heterocycles. The number of hydrogen-bond acceptors (Lipinski definition) is 1. The van der Waals surface area contributed by atoms with Crippen molar-refractivity contribution in [1.29, 1.82) is 0 Å². The fraction of sp³-hybridized carbons (Fsp3) is 0.889. The molecule has 0 spiro atoms. The van der Waals surface area contributed by atoms with Crippen LogP contribution in [-0.4, -0.2) is 16.8 Å². The monoisotopic (exact) mass is 223 g/mol. The van der Waals surface area contributed by atoms with Crippen molar-refractivity contribution in [2.75, 3.05) is 6.54 Å². The van der Waals surface area contributed by atoms with Gasteiger partial charge in [0.05, 0.1) is 5.41 Å². The van der Waals surface area contributed by atoms with Crippen LogP contribution in [0.15, 0.2) is 0 Å². The molecular weight excluding hydrogens is 209 g/mol. The van der Waals surface area contributed by atoms with Gasteiger partial charge >= 0.3 is 0 Å². The van der Waals surface area contributed by atoms with E-state index in [1.807, 2.05) is 13.8 Å². The van der Waals surface area contributed by atoms with Gasteiger partial charge in [-0.05, 0) is 19.3 Å². The van der Waals surface area contributed by atoms with Gasteiger partial charge in [0.2, 0.25) is 5.91 Å². The number of halogens is 2. The molecular formula is C9H15Cl2NO. The molecule has 1 saturated carbocycles. The standard InChI is InChI=1S/C9H15Cl2NO/c1-6(2)4-12-7(13)8(3)5-9(8,10)11/h6H,4-5H2,1-3H3,(H,12,13). The van der Waals surface area contributed by atoms with Crippen LogP contribution in [0, 0.1) is 11.3 Å². The lowest BCUT2D eigenvalue weighted by Gasteiger charge is -2.13. The second kappa shape index (κ2) is 3.32. The van der Waals surface area contributed by atoms with Gasteiger partial charge in [0, 0.05) is 6.54 Å². The number of nitrogens with one attached hydrogen (secondary N) is 1. The molecule has 0 heterocycles. The zero-order valence-electron chi connectivity index (χ0n) is 8.16. The number of amides is 1. The summed E-state index contributed by atoms with van der Waals surface area (Å²) in [6, 6.07) is 0. The fourth-order valence-corrected chi connectivity index (χ4v) is 1.84. The van der Waals surface area contributed by atoms with E-state index in [1.165, 1.54) is 0 Å². The molecule has 0 aromatic carbocycles. The summed E-state index contributed by atoms with van der Waals surface area (Å²) in [5.41, 5.74) is -0.578. The van der Waals surface area contributed by atoms with Gasteiger partial charge in [-0.25, -0.2) is 0 Å². The molecule has 1 rings (SSSR count). The molecule has 1 unspecified atom stereocenters. The Kier molecular flexibility index (Phi) is 2.84. The molecule has 13 heavy (non-hydrogen) atoms. The van der Waals surface area contributed by atoms with Gasteiger partial charge in [0.15, 0.2) is 0 Å². The van der Waals surface area contributed by atoms with E-state index >= 15 is 0 Å². The highest BCUT2D eigenvalue weighted by atomic mass is 35.5. The highest BCUT2D eigenvalue weighted by molar-refractivity contribution is 6.53. The first-order chi connectivity index (χ1) is 5.79. The second-order valence-corrected chi connectivity index (χ2v) is 5.80. The van der Waals surface area contributed by atoms with Crippen molar-refractivity contribution in [2.24, 2.45) is 11.3 Å². The van der Waals surface area contributed by atoms with E-state index in [4.69, 9.17) is 23.2 Å². The molecule has 2 nitrogen and oxygen atoms in total. The Bertz CT molecular complexity index is 228. The first kappa shape index (κ1) is 11.1. The third-order valence-electron chi connectivity index (χ3n) is 2.43. The molecule has 0 radical (unpaired) electrons. The minimum absolute atomic E-state index is 0.0359. The normalized spacial score (nSPS) is 30.3. The topological polar surface area (TPSA) is 29.1 Å². The molecule has 76 valence electrons. The Hall–Kier alpha value is 0.0500. The second-order valence-electron chi connectivity index (χ2n) is 4.32. The number of rotatable bonds is 3. The van der Waals surface area contributed by atoms with Gasteiger partial charge in [-0.3, -0.25) is 4.79 Å². The summed E-state index contributed by atoms with van der Waals surface area (Å²) < 4.78 is -0.853. The smallest absolute Gasteiger partial charge is 0.229 e. The molecule has 1 aliphatic rings. The van der Waals surface area contributed by atoms with Crippen LogP contribution in [-0.2, 0) is 4.79 Å². The number of carbonyl (C=O) groups is 1. The molecule has 0 aliphatic heterocycles. The van der Waals surface area contributed by atoms with Crippen LogP contribution in [0.4, 0.5) is 0 Å². The molecule has 1 fully saturated rings. The van der Waals surface area contributed by atoms with E-state index < -0.39 is 9.75 Å². The minimum Gasteiger partial charge on any atom is -0.355 e. The van der Waals surface area contributed by atoms with Crippen molar-refractivity contribution in [3.05, 3.63) is 0 Å². The van der Waals surface area contributed by atoms with E-state index in [0.717, 1.165) is 0 Å². The number of alkyl halides is 2. The Morgan fingerprint density at radius 2 is 2.00 bits per heavy atom. The zero-order valence-corrected chi connectivity index (χ0v) is 9.67. The van der Waals surface area contributed by atoms with Gasteiger partial charge in [0.1, 0.15) is 4.33 Å². The summed E-state index contributed by atoms with van der Waals surface area (Å²) in [6.45, 7) is 6.56. The predicted octanol–water partition coefficient (Wildman–Crippen LogP) is 2.34. The van der Waals surface area contributed by atoms with Gasteiger partial charge in [0.25, 0.3) is 0 Å². The van der Waals surface area contributed by atoms with Crippen LogP contribution >= 0.6 is 23.2 Å². The molecule has 0 aromatic heterocycles. The Morgan fingerprint density at radius 1 is 1.54 bits per heavy atom. The quantitative estimate of drug-likeness (QED) is 0.732. The van der Waals surface area contributed by atoms with E-state index in [-0.39, 0.29) is 5.91 Å². The third kappa shape index (κ3) is 2.10. The average molecular weight is 224 g/mol. The molecule has 4 heteroatoms.